The molecule has 0 spiro atoms. The lowest BCUT2D eigenvalue weighted by Gasteiger charge is -2.18. The summed E-state index contributed by atoms with van der Waals surface area (Å²) < 4.78 is 26.7. The third kappa shape index (κ3) is 39.3. The Labute approximate surface area is 343 Å². The molecule has 0 aliphatic carbocycles. The number of aliphatic carboxylic acids is 1. The van der Waals surface area contributed by atoms with Gasteiger partial charge < -0.3 is 25.2 Å². The third-order valence-corrected chi connectivity index (χ3v) is 9.43. The van der Waals surface area contributed by atoms with Crippen LogP contribution in [0.25, 0.3) is 0 Å². The molecule has 0 radical (unpaired) electrons. The van der Waals surface area contributed by atoms with E-state index in [0.717, 1.165) is 57.8 Å². The topological polar surface area (TPSA) is 169 Å². The summed E-state index contributed by atoms with van der Waals surface area (Å²) in [5.41, 5.74) is 0. The molecule has 0 heterocycles. The first kappa shape index (κ1) is 53.7. The lowest BCUT2D eigenvalue weighted by atomic mass is 10.0. The van der Waals surface area contributed by atoms with Crippen LogP contribution < -0.4 is 5.32 Å². The molecule has 57 heavy (non-hydrogen) atoms. The quantitative estimate of drug-likeness (QED) is 0.0204. The van der Waals surface area contributed by atoms with Gasteiger partial charge in [-0.2, -0.15) is 0 Å². The molecule has 0 aromatic rings. The molecule has 0 aliphatic rings. The molecule has 0 bridgehead atoms. The monoisotopic (exact) mass is 820 g/mol. The molecule has 0 aromatic heterocycles. The predicted octanol–water partition coefficient (Wildman–Crippen LogP) is 10.7. The van der Waals surface area contributed by atoms with Crippen molar-refractivity contribution in [3.63, 3.8) is 0 Å². The Kier molecular flexibility index (Phi) is 37.2. The third-order valence-electron chi connectivity index (χ3n) is 8.48. The number of rotatable bonds is 38. The van der Waals surface area contributed by atoms with E-state index in [9.17, 15) is 34.1 Å². The first-order valence-electron chi connectivity index (χ1n) is 21.1. The Morgan fingerprint density at radius 1 is 0.579 bits per heavy atom. The molecule has 1 amide bonds. The fraction of sp³-hybridized carbons (Fsp3) is 0.622. The van der Waals surface area contributed by atoms with Crippen LogP contribution in [0.3, 0.4) is 0 Å². The molecule has 0 rings (SSSR count). The normalized spacial score (nSPS) is 14.6. The second-order valence-corrected chi connectivity index (χ2v) is 15.3. The minimum Gasteiger partial charge on any atom is -0.480 e. The van der Waals surface area contributed by atoms with Gasteiger partial charge in [0, 0.05) is 12.8 Å². The minimum atomic E-state index is -4.78. The largest absolute Gasteiger partial charge is 0.480 e. The molecule has 12 heteroatoms. The average Bonchev–Trinajstić information content (AvgIpc) is 3.18. The Balaban J connectivity index is 4.09. The maximum Gasteiger partial charge on any atom is 0.472 e. The van der Waals surface area contributed by atoms with Crippen molar-refractivity contribution in [1.82, 2.24) is 5.32 Å². The standard InChI is InChI=1S/C45H74NO10P/c1-3-5-7-9-11-13-15-17-18-19-20-21-22-23-24-25-26-28-30-32-34-36-43(48)46-42(45(50)51)40-56-57(52,53)55-39-41(47)38-54-44(49)37-35-33-31-29-27-16-14-12-10-8-6-4-2/h5,7,11,13,17-18,20-21,23-24,26,28,32,34,41-42,47H,3-4,6,8-10,12,14-16,19,22,25,27,29-31,33,35-40H2,1-2H3,(H,46,48)(H,50,51)(H,52,53)/b7-5-,13-11-,18-17-,21-20-,24-23-,28-26-,34-32-. The van der Waals surface area contributed by atoms with Crippen LogP contribution in [-0.4, -0.2) is 64.9 Å². The van der Waals surface area contributed by atoms with E-state index < -0.39 is 57.6 Å². The SMILES string of the molecule is CC/C=C\C/C=C\C/C=C\C/C=C\C/C=C\C/C=C\C/C=C\CC(=O)NC(COP(=O)(O)OCC(O)COC(=O)CCCCCCCCCCCCCC)C(=O)O. The van der Waals surface area contributed by atoms with E-state index >= 15 is 0 Å². The van der Waals surface area contributed by atoms with E-state index in [-0.39, 0.29) is 12.8 Å². The zero-order valence-corrected chi connectivity index (χ0v) is 35.7. The van der Waals surface area contributed by atoms with Crippen molar-refractivity contribution >= 4 is 25.7 Å². The summed E-state index contributed by atoms with van der Waals surface area (Å²) in [6.45, 7) is 2.38. The van der Waals surface area contributed by atoms with Gasteiger partial charge in [0.05, 0.1) is 13.2 Å². The number of esters is 1. The summed E-state index contributed by atoms with van der Waals surface area (Å²) in [4.78, 5) is 45.8. The van der Waals surface area contributed by atoms with Crippen LogP contribution in [0.2, 0.25) is 0 Å². The van der Waals surface area contributed by atoms with Crippen molar-refractivity contribution in [2.75, 3.05) is 19.8 Å². The van der Waals surface area contributed by atoms with Gasteiger partial charge in [-0.15, -0.1) is 0 Å². The summed E-state index contributed by atoms with van der Waals surface area (Å²) in [6.07, 6.45) is 47.9. The first-order chi connectivity index (χ1) is 27.6. The van der Waals surface area contributed by atoms with Crippen LogP contribution in [0.15, 0.2) is 85.1 Å². The minimum absolute atomic E-state index is 0.0934. The lowest BCUT2D eigenvalue weighted by molar-refractivity contribution is -0.147. The van der Waals surface area contributed by atoms with E-state index in [1.54, 1.807) is 12.2 Å². The molecule has 0 aliphatic heterocycles. The molecule has 3 unspecified atom stereocenters. The molecule has 11 nitrogen and oxygen atoms in total. The Hall–Kier alpha value is -3.34. The number of carbonyl (C=O) groups is 3. The lowest BCUT2D eigenvalue weighted by Crippen LogP contribution is -2.43. The van der Waals surface area contributed by atoms with Crippen LogP contribution in [0, 0.1) is 0 Å². The number of aliphatic hydroxyl groups excluding tert-OH is 1. The Morgan fingerprint density at radius 2 is 0.982 bits per heavy atom. The zero-order valence-electron chi connectivity index (χ0n) is 34.9. The van der Waals surface area contributed by atoms with Gasteiger partial charge in [-0.05, 0) is 51.4 Å². The number of phosphoric acid groups is 1. The second kappa shape index (κ2) is 39.5. The number of unbranched alkanes of at least 4 members (excludes halogenated alkanes) is 11. The smallest absolute Gasteiger partial charge is 0.472 e. The summed E-state index contributed by atoms with van der Waals surface area (Å²) in [7, 11) is -4.78. The molecule has 0 saturated carbocycles. The highest BCUT2D eigenvalue weighted by Gasteiger charge is 2.28. The number of phosphoric ester groups is 1. The highest BCUT2D eigenvalue weighted by molar-refractivity contribution is 7.47. The Bertz CT molecular complexity index is 1290. The van der Waals surface area contributed by atoms with Crippen molar-refractivity contribution in [2.24, 2.45) is 0 Å². The van der Waals surface area contributed by atoms with Crippen LogP contribution in [0.4, 0.5) is 0 Å². The highest BCUT2D eigenvalue weighted by Crippen LogP contribution is 2.43. The second-order valence-electron chi connectivity index (χ2n) is 13.8. The number of allylic oxidation sites excluding steroid dienone is 13. The zero-order chi connectivity index (χ0) is 42.1. The first-order valence-corrected chi connectivity index (χ1v) is 22.6. The van der Waals surface area contributed by atoms with Crippen molar-refractivity contribution in [1.29, 1.82) is 0 Å². The molecule has 3 atom stereocenters. The van der Waals surface area contributed by atoms with Crippen molar-refractivity contribution in [2.45, 2.75) is 161 Å². The predicted molar refractivity (Wildman–Crippen MR) is 231 cm³/mol. The van der Waals surface area contributed by atoms with Gasteiger partial charge in [-0.1, -0.05) is 170 Å². The van der Waals surface area contributed by atoms with Gasteiger partial charge in [0.15, 0.2) is 6.04 Å². The number of aliphatic hydroxyl groups is 1. The van der Waals surface area contributed by atoms with E-state index in [1.807, 2.05) is 12.2 Å². The number of carbonyl (C=O) groups excluding carboxylic acids is 2. The van der Waals surface area contributed by atoms with Crippen molar-refractivity contribution in [3.8, 4) is 0 Å². The van der Waals surface area contributed by atoms with Gasteiger partial charge in [-0.3, -0.25) is 18.6 Å². The number of nitrogens with one attached hydrogen (secondary N) is 1. The molecule has 324 valence electrons. The van der Waals surface area contributed by atoms with Gasteiger partial charge in [0.25, 0.3) is 0 Å². The number of carboxylic acid groups (broad SMARTS) is 1. The number of hydrogen-bond acceptors (Lipinski definition) is 8. The molecule has 0 saturated heterocycles. The fourth-order valence-corrected chi connectivity index (χ4v) is 5.99. The van der Waals surface area contributed by atoms with Gasteiger partial charge in [0.2, 0.25) is 5.91 Å². The Morgan fingerprint density at radius 3 is 1.42 bits per heavy atom. The van der Waals surface area contributed by atoms with Crippen molar-refractivity contribution in [3.05, 3.63) is 85.1 Å². The maximum absolute atomic E-state index is 12.2. The number of amides is 1. The van der Waals surface area contributed by atoms with E-state index in [1.165, 1.54) is 51.4 Å². The van der Waals surface area contributed by atoms with Gasteiger partial charge in [-0.25, -0.2) is 9.36 Å². The number of hydrogen-bond donors (Lipinski definition) is 4. The van der Waals surface area contributed by atoms with Crippen molar-refractivity contribution < 1.29 is 47.8 Å². The number of carboxylic acids is 1. The number of ether oxygens (including phenoxy) is 1. The maximum atomic E-state index is 12.2. The van der Waals surface area contributed by atoms with Crippen LogP contribution in [0.1, 0.15) is 149 Å². The molecule has 4 N–H and O–H groups in total. The van der Waals surface area contributed by atoms with E-state index in [0.29, 0.717) is 12.8 Å². The summed E-state index contributed by atoms with van der Waals surface area (Å²) in [5.74, 6) is -2.56. The van der Waals surface area contributed by atoms with Crippen LogP contribution in [0.5, 0.6) is 0 Å². The van der Waals surface area contributed by atoms with Crippen LogP contribution >= 0.6 is 7.82 Å². The molecule has 0 fully saturated rings. The van der Waals surface area contributed by atoms with E-state index in [4.69, 9.17) is 13.8 Å². The highest BCUT2D eigenvalue weighted by atomic mass is 31.2. The molecular weight excluding hydrogens is 745 g/mol. The summed E-state index contributed by atoms with van der Waals surface area (Å²) in [6, 6.07) is -1.61. The fourth-order valence-electron chi connectivity index (χ4n) is 5.22. The van der Waals surface area contributed by atoms with Gasteiger partial charge in [0.1, 0.15) is 12.7 Å². The van der Waals surface area contributed by atoms with Crippen LogP contribution in [-0.2, 0) is 32.7 Å². The molecule has 0 aromatic carbocycles. The summed E-state index contributed by atoms with van der Waals surface area (Å²) >= 11 is 0. The van der Waals surface area contributed by atoms with E-state index in [2.05, 4.69) is 79.9 Å². The molecular formula is C45H74NO10P. The average molecular weight is 820 g/mol. The summed E-state index contributed by atoms with van der Waals surface area (Å²) in [5, 5.41) is 21.7. The van der Waals surface area contributed by atoms with Gasteiger partial charge >= 0.3 is 19.8 Å².